The van der Waals surface area contributed by atoms with Crippen molar-refractivity contribution in [2.75, 3.05) is 13.2 Å². The molecule has 0 saturated heterocycles. The third-order valence-electron chi connectivity index (χ3n) is 4.21. The van der Waals surface area contributed by atoms with E-state index in [-0.39, 0.29) is 50.2 Å². The molecule has 0 aromatic heterocycles. The maximum Gasteiger partial charge on any atom is 0.248 e. The fourth-order valence-corrected chi connectivity index (χ4v) is 2.80. The second kappa shape index (κ2) is 5.51. The van der Waals surface area contributed by atoms with Crippen LogP contribution in [0.3, 0.4) is 0 Å². The number of halogens is 2. The zero-order chi connectivity index (χ0) is 13.2. The van der Waals surface area contributed by atoms with E-state index in [1.807, 2.05) is 0 Å². The summed E-state index contributed by atoms with van der Waals surface area (Å²) in [7, 11) is 0. The highest BCUT2D eigenvalue weighted by atomic mass is 19.3. The van der Waals surface area contributed by atoms with Gasteiger partial charge in [0.15, 0.2) is 0 Å². The van der Waals surface area contributed by atoms with Crippen molar-refractivity contribution >= 4 is 5.91 Å². The smallest absolute Gasteiger partial charge is 0.248 e. The molecule has 0 atom stereocenters. The summed E-state index contributed by atoms with van der Waals surface area (Å²) in [5, 5.41) is 9.02. The van der Waals surface area contributed by atoms with Crippen LogP contribution in [-0.4, -0.2) is 41.0 Å². The zero-order valence-corrected chi connectivity index (χ0v) is 10.6. The fourth-order valence-electron chi connectivity index (χ4n) is 2.80. The maximum atomic E-state index is 13.1. The van der Waals surface area contributed by atoms with Crippen molar-refractivity contribution < 1.29 is 18.7 Å². The van der Waals surface area contributed by atoms with E-state index >= 15 is 0 Å². The van der Waals surface area contributed by atoms with Gasteiger partial charge in [0.1, 0.15) is 0 Å². The number of rotatable bonds is 4. The Labute approximate surface area is 106 Å². The van der Waals surface area contributed by atoms with E-state index in [0.717, 1.165) is 19.3 Å². The molecular weight excluding hydrogens is 240 g/mol. The second-order valence-corrected chi connectivity index (χ2v) is 5.47. The minimum Gasteiger partial charge on any atom is -0.395 e. The predicted molar refractivity (Wildman–Crippen MR) is 63.3 cm³/mol. The van der Waals surface area contributed by atoms with Crippen LogP contribution >= 0.6 is 0 Å². The topological polar surface area (TPSA) is 40.5 Å². The number of aliphatic hydroxyl groups is 1. The van der Waals surface area contributed by atoms with Gasteiger partial charge in [-0.1, -0.05) is 0 Å². The summed E-state index contributed by atoms with van der Waals surface area (Å²) in [6, 6.07) is 0.229. The lowest BCUT2D eigenvalue weighted by Crippen LogP contribution is -2.49. The van der Waals surface area contributed by atoms with Crippen molar-refractivity contribution in [1.82, 2.24) is 4.90 Å². The summed E-state index contributed by atoms with van der Waals surface area (Å²) in [6.07, 6.45) is 3.27. The maximum absolute atomic E-state index is 13.1. The number of hydrogen-bond donors (Lipinski definition) is 1. The number of aliphatic hydroxyl groups excluding tert-OH is 1. The number of alkyl halides is 2. The van der Waals surface area contributed by atoms with Gasteiger partial charge in [-0.05, 0) is 32.1 Å². The van der Waals surface area contributed by atoms with E-state index in [0.29, 0.717) is 6.54 Å². The largest absolute Gasteiger partial charge is 0.395 e. The minimum absolute atomic E-state index is 0.0238. The predicted octanol–water partition coefficient (Wildman–Crippen LogP) is 2.19. The summed E-state index contributed by atoms with van der Waals surface area (Å²) in [6.45, 7) is 0.293. The molecule has 0 bridgehead atoms. The van der Waals surface area contributed by atoms with Crippen LogP contribution in [0.2, 0.25) is 0 Å². The number of carbonyl (C=O) groups is 1. The molecule has 2 fully saturated rings. The van der Waals surface area contributed by atoms with Gasteiger partial charge >= 0.3 is 0 Å². The van der Waals surface area contributed by atoms with Gasteiger partial charge < -0.3 is 10.0 Å². The van der Waals surface area contributed by atoms with Gasteiger partial charge in [0.05, 0.1) is 6.61 Å². The molecule has 0 aliphatic heterocycles. The molecule has 3 nitrogen and oxygen atoms in total. The summed E-state index contributed by atoms with van der Waals surface area (Å²) >= 11 is 0. The Bertz CT molecular complexity index is 295. The van der Waals surface area contributed by atoms with Gasteiger partial charge in [-0.25, -0.2) is 8.78 Å². The highest BCUT2D eigenvalue weighted by Gasteiger charge is 2.40. The Hall–Kier alpha value is -0.710. The van der Waals surface area contributed by atoms with Gasteiger partial charge in [0, 0.05) is 31.3 Å². The van der Waals surface area contributed by atoms with Crippen LogP contribution in [0.5, 0.6) is 0 Å². The average Bonchev–Trinajstić information content (AvgIpc) is 2.25. The molecule has 0 spiro atoms. The van der Waals surface area contributed by atoms with Crippen molar-refractivity contribution in [3.8, 4) is 0 Å². The molecule has 2 aliphatic carbocycles. The lowest BCUT2D eigenvalue weighted by Gasteiger charge is -2.40. The Balaban J connectivity index is 1.92. The fraction of sp³-hybridized carbons (Fsp3) is 0.923. The molecule has 2 saturated carbocycles. The minimum atomic E-state index is -2.59. The Morgan fingerprint density at radius 3 is 2.28 bits per heavy atom. The van der Waals surface area contributed by atoms with Crippen LogP contribution < -0.4 is 0 Å². The van der Waals surface area contributed by atoms with Crippen LogP contribution in [0, 0.1) is 5.92 Å². The van der Waals surface area contributed by atoms with Gasteiger partial charge in [-0.2, -0.15) is 0 Å². The molecular formula is C13H21F2NO2. The highest BCUT2D eigenvalue weighted by molar-refractivity contribution is 5.79. The van der Waals surface area contributed by atoms with E-state index in [4.69, 9.17) is 5.11 Å². The highest BCUT2D eigenvalue weighted by Crippen LogP contribution is 2.37. The zero-order valence-electron chi connectivity index (χ0n) is 10.6. The molecule has 1 N–H and O–H groups in total. The SMILES string of the molecule is O=C(C1CCC(F)(F)CC1)N(CCO)C1CCC1. The molecule has 104 valence electrons. The summed E-state index contributed by atoms with van der Waals surface area (Å²) in [5.74, 6) is -2.88. The van der Waals surface area contributed by atoms with Crippen LogP contribution in [0.15, 0.2) is 0 Å². The normalized spacial score (nSPS) is 24.6. The first-order chi connectivity index (χ1) is 8.53. The first kappa shape index (κ1) is 13.7. The van der Waals surface area contributed by atoms with Crippen molar-refractivity contribution in [1.29, 1.82) is 0 Å². The molecule has 0 aromatic rings. The van der Waals surface area contributed by atoms with Gasteiger partial charge in [0.2, 0.25) is 11.8 Å². The molecule has 18 heavy (non-hydrogen) atoms. The van der Waals surface area contributed by atoms with Crippen LogP contribution in [-0.2, 0) is 4.79 Å². The molecule has 2 aliphatic rings. The quantitative estimate of drug-likeness (QED) is 0.842. The van der Waals surface area contributed by atoms with Gasteiger partial charge in [-0.15, -0.1) is 0 Å². The molecule has 2 rings (SSSR count). The molecule has 0 radical (unpaired) electrons. The van der Waals surface area contributed by atoms with E-state index in [1.54, 1.807) is 4.90 Å². The number of carbonyl (C=O) groups excluding carboxylic acids is 1. The number of hydrogen-bond acceptors (Lipinski definition) is 2. The van der Waals surface area contributed by atoms with Crippen LogP contribution in [0.4, 0.5) is 8.78 Å². The third-order valence-corrected chi connectivity index (χ3v) is 4.21. The molecule has 0 heterocycles. The van der Waals surface area contributed by atoms with E-state index in [2.05, 4.69) is 0 Å². The van der Waals surface area contributed by atoms with Crippen molar-refractivity contribution in [2.24, 2.45) is 5.92 Å². The van der Waals surface area contributed by atoms with Crippen molar-refractivity contribution in [3.05, 3.63) is 0 Å². The molecule has 1 amide bonds. The van der Waals surface area contributed by atoms with Crippen LogP contribution in [0.1, 0.15) is 44.9 Å². The first-order valence-corrected chi connectivity index (χ1v) is 6.83. The molecule has 5 heteroatoms. The molecule has 0 aromatic carbocycles. The standard InChI is InChI=1S/C13H21F2NO2/c14-13(15)6-4-10(5-7-13)12(18)16(8-9-17)11-2-1-3-11/h10-11,17H,1-9H2. The second-order valence-electron chi connectivity index (χ2n) is 5.47. The Morgan fingerprint density at radius 2 is 1.83 bits per heavy atom. The van der Waals surface area contributed by atoms with Gasteiger partial charge in [-0.3, -0.25) is 4.79 Å². The summed E-state index contributed by atoms with van der Waals surface area (Å²) < 4.78 is 26.1. The lowest BCUT2D eigenvalue weighted by molar-refractivity contribution is -0.144. The monoisotopic (exact) mass is 261 g/mol. The van der Waals surface area contributed by atoms with Crippen LogP contribution in [0.25, 0.3) is 0 Å². The Morgan fingerprint density at radius 1 is 1.22 bits per heavy atom. The molecule has 0 unspecified atom stereocenters. The van der Waals surface area contributed by atoms with E-state index < -0.39 is 5.92 Å². The number of amides is 1. The summed E-state index contributed by atoms with van der Waals surface area (Å²) in [5.41, 5.74) is 0. The average molecular weight is 261 g/mol. The van der Waals surface area contributed by atoms with E-state index in [1.165, 1.54) is 0 Å². The number of nitrogens with zero attached hydrogens (tertiary/aromatic N) is 1. The van der Waals surface area contributed by atoms with Gasteiger partial charge in [0.25, 0.3) is 0 Å². The third kappa shape index (κ3) is 2.99. The van der Waals surface area contributed by atoms with Crippen molar-refractivity contribution in [3.63, 3.8) is 0 Å². The summed E-state index contributed by atoms with van der Waals surface area (Å²) in [4.78, 5) is 14.0. The van der Waals surface area contributed by atoms with E-state index in [9.17, 15) is 13.6 Å². The Kier molecular flexibility index (Phi) is 4.20. The first-order valence-electron chi connectivity index (χ1n) is 6.83. The lowest BCUT2D eigenvalue weighted by atomic mass is 9.84. The van der Waals surface area contributed by atoms with Crippen molar-refractivity contribution in [2.45, 2.75) is 56.9 Å².